The molecular weight excluding hydrogens is 230 g/mol. The monoisotopic (exact) mass is 249 g/mol. The minimum atomic E-state index is -0.0135. The van der Waals surface area contributed by atoms with Crippen LogP contribution in [0.3, 0.4) is 0 Å². The second-order valence-corrected chi connectivity index (χ2v) is 4.59. The van der Waals surface area contributed by atoms with Gasteiger partial charge in [0.15, 0.2) is 0 Å². The maximum absolute atomic E-state index is 5.61. The van der Waals surface area contributed by atoms with E-state index in [4.69, 9.17) is 5.84 Å². The number of hydrazine groups is 1. The van der Waals surface area contributed by atoms with Crippen molar-refractivity contribution in [3.8, 4) is 0 Å². The van der Waals surface area contributed by atoms with Crippen molar-refractivity contribution >= 4 is 0 Å². The van der Waals surface area contributed by atoms with Gasteiger partial charge in [0.25, 0.3) is 0 Å². The zero-order valence-corrected chi connectivity index (χ0v) is 10.9. The van der Waals surface area contributed by atoms with E-state index in [0.717, 1.165) is 11.4 Å². The summed E-state index contributed by atoms with van der Waals surface area (Å²) in [5, 5.41) is 8.37. The first-order valence-corrected chi connectivity index (χ1v) is 5.95. The molecule has 2 heterocycles. The van der Waals surface area contributed by atoms with E-state index in [1.54, 1.807) is 17.2 Å². The van der Waals surface area contributed by atoms with Gasteiger partial charge in [-0.05, 0) is 13.8 Å². The largest absolute Gasteiger partial charge is 0.275 e. The van der Waals surface area contributed by atoms with E-state index >= 15 is 0 Å². The Kier molecular flexibility index (Phi) is 3.73. The third-order valence-electron chi connectivity index (χ3n) is 2.85. The van der Waals surface area contributed by atoms with Crippen LogP contribution in [-0.2, 0) is 13.5 Å². The Labute approximate surface area is 106 Å². The third-order valence-corrected chi connectivity index (χ3v) is 2.85. The highest BCUT2D eigenvalue weighted by Gasteiger charge is 2.17. The topological polar surface area (TPSA) is 86.6 Å². The number of aryl methyl sites for hydroxylation is 1. The zero-order valence-electron chi connectivity index (χ0n) is 10.9. The van der Waals surface area contributed by atoms with Crippen molar-refractivity contribution in [1.82, 2.24) is 30.0 Å². The molecule has 7 nitrogen and oxygen atoms in total. The van der Waals surface area contributed by atoms with Gasteiger partial charge in [0.1, 0.15) is 12.2 Å². The molecule has 7 heteroatoms. The minimum Gasteiger partial charge on any atom is -0.275 e. The van der Waals surface area contributed by atoms with Crippen LogP contribution in [0.25, 0.3) is 0 Å². The maximum atomic E-state index is 5.61. The Morgan fingerprint density at radius 1 is 1.39 bits per heavy atom. The number of hydrogen-bond donors (Lipinski definition) is 2. The molecule has 0 radical (unpaired) electrons. The van der Waals surface area contributed by atoms with Crippen LogP contribution >= 0.6 is 0 Å². The molecule has 2 aromatic heterocycles. The van der Waals surface area contributed by atoms with E-state index in [2.05, 4.69) is 34.5 Å². The first kappa shape index (κ1) is 12.7. The number of nitrogens with one attached hydrogen (secondary N) is 1. The highest BCUT2D eigenvalue weighted by Crippen LogP contribution is 2.17. The first-order chi connectivity index (χ1) is 8.61. The normalized spacial score (nSPS) is 13.2. The molecule has 2 rings (SSSR count). The molecule has 0 saturated heterocycles. The number of nitrogens with two attached hydrogens (primary N) is 1. The van der Waals surface area contributed by atoms with Crippen LogP contribution in [0.1, 0.15) is 37.3 Å². The Hall–Kier alpha value is -1.73. The van der Waals surface area contributed by atoms with Gasteiger partial charge in [-0.3, -0.25) is 16.0 Å². The second-order valence-electron chi connectivity index (χ2n) is 4.59. The molecule has 0 amide bonds. The van der Waals surface area contributed by atoms with Crippen LogP contribution in [0, 0.1) is 0 Å². The summed E-state index contributed by atoms with van der Waals surface area (Å²) in [5.41, 5.74) is 3.84. The van der Waals surface area contributed by atoms with Gasteiger partial charge in [0, 0.05) is 31.3 Å². The Morgan fingerprint density at radius 2 is 2.17 bits per heavy atom. The van der Waals surface area contributed by atoms with E-state index in [1.807, 2.05) is 17.9 Å². The van der Waals surface area contributed by atoms with Gasteiger partial charge in [-0.25, -0.2) is 9.67 Å². The molecule has 0 spiro atoms. The smallest absolute Gasteiger partial charge is 0.138 e. The Balaban J connectivity index is 2.18. The number of hydrogen-bond acceptors (Lipinski definition) is 5. The Bertz CT molecular complexity index is 499. The van der Waals surface area contributed by atoms with Crippen LogP contribution in [0.15, 0.2) is 18.7 Å². The Morgan fingerprint density at radius 3 is 2.72 bits per heavy atom. The summed E-state index contributed by atoms with van der Waals surface area (Å²) in [7, 11) is 1.88. The predicted molar refractivity (Wildman–Crippen MR) is 67.4 cm³/mol. The summed E-state index contributed by atoms with van der Waals surface area (Å²) in [6, 6.07) is 0.273. The molecule has 1 unspecified atom stereocenters. The molecule has 1 atom stereocenters. The molecule has 18 heavy (non-hydrogen) atoms. The summed E-state index contributed by atoms with van der Waals surface area (Å²) >= 11 is 0. The second kappa shape index (κ2) is 5.28. The molecule has 98 valence electrons. The SMILES string of the molecule is CC(C)n1ncnc1CC(NN)c1cnn(C)c1. The molecule has 2 aromatic rings. The number of nitrogens with zero attached hydrogens (tertiary/aromatic N) is 5. The highest BCUT2D eigenvalue weighted by molar-refractivity contribution is 5.12. The quantitative estimate of drug-likeness (QED) is 0.589. The van der Waals surface area contributed by atoms with Crippen molar-refractivity contribution in [2.75, 3.05) is 0 Å². The van der Waals surface area contributed by atoms with E-state index in [1.165, 1.54) is 0 Å². The van der Waals surface area contributed by atoms with E-state index in [9.17, 15) is 0 Å². The van der Waals surface area contributed by atoms with Gasteiger partial charge in [0.2, 0.25) is 0 Å². The zero-order chi connectivity index (χ0) is 13.1. The van der Waals surface area contributed by atoms with Crippen LogP contribution in [0.2, 0.25) is 0 Å². The molecule has 0 fully saturated rings. The predicted octanol–water partition coefficient (Wildman–Crippen LogP) is 0.340. The van der Waals surface area contributed by atoms with Crippen molar-refractivity contribution in [3.05, 3.63) is 30.1 Å². The summed E-state index contributed by atoms with van der Waals surface area (Å²) < 4.78 is 3.66. The lowest BCUT2D eigenvalue weighted by Crippen LogP contribution is -2.30. The van der Waals surface area contributed by atoms with Gasteiger partial charge in [-0.2, -0.15) is 10.2 Å². The summed E-state index contributed by atoms with van der Waals surface area (Å²) in [6.45, 7) is 4.15. The highest BCUT2D eigenvalue weighted by atomic mass is 15.3. The van der Waals surface area contributed by atoms with Crippen molar-refractivity contribution in [3.63, 3.8) is 0 Å². The molecule has 0 aliphatic heterocycles. The maximum Gasteiger partial charge on any atom is 0.138 e. The molecule has 0 aliphatic rings. The molecule has 3 N–H and O–H groups in total. The average Bonchev–Trinajstić information content (AvgIpc) is 2.94. The van der Waals surface area contributed by atoms with E-state index in [0.29, 0.717) is 6.42 Å². The summed E-state index contributed by atoms with van der Waals surface area (Å²) in [5.74, 6) is 6.53. The fraction of sp³-hybridized carbons (Fsp3) is 0.545. The fourth-order valence-corrected chi connectivity index (χ4v) is 1.93. The van der Waals surface area contributed by atoms with Crippen LogP contribution in [-0.4, -0.2) is 24.5 Å². The fourth-order valence-electron chi connectivity index (χ4n) is 1.93. The lowest BCUT2D eigenvalue weighted by atomic mass is 10.1. The minimum absolute atomic E-state index is 0.0135. The first-order valence-electron chi connectivity index (χ1n) is 5.95. The molecule has 0 saturated carbocycles. The molecular formula is C11H19N7. The van der Waals surface area contributed by atoms with Crippen LogP contribution in [0.5, 0.6) is 0 Å². The van der Waals surface area contributed by atoms with Crippen molar-refractivity contribution in [2.24, 2.45) is 12.9 Å². The molecule has 0 aliphatic carbocycles. The summed E-state index contributed by atoms with van der Waals surface area (Å²) in [4.78, 5) is 4.29. The van der Waals surface area contributed by atoms with Crippen LogP contribution < -0.4 is 11.3 Å². The van der Waals surface area contributed by atoms with Gasteiger partial charge in [-0.15, -0.1) is 0 Å². The lowest BCUT2D eigenvalue weighted by molar-refractivity contribution is 0.468. The molecule has 0 aromatic carbocycles. The van der Waals surface area contributed by atoms with Gasteiger partial charge in [-0.1, -0.05) is 0 Å². The van der Waals surface area contributed by atoms with Crippen molar-refractivity contribution in [1.29, 1.82) is 0 Å². The number of rotatable bonds is 5. The standard InChI is InChI=1S/C11H19N7/c1-8(2)18-11(13-7-15-18)4-10(16-12)9-5-14-17(3)6-9/h5-8,10,16H,4,12H2,1-3H3. The lowest BCUT2D eigenvalue weighted by Gasteiger charge is -2.15. The van der Waals surface area contributed by atoms with Crippen molar-refractivity contribution in [2.45, 2.75) is 32.4 Å². The van der Waals surface area contributed by atoms with Gasteiger partial charge in [0.05, 0.1) is 12.2 Å². The van der Waals surface area contributed by atoms with Crippen LogP contribution in [0.4, 0.5) is 0 Å². The van der Waals surface area contributed by atoms with E-state index < -0.39 is 0 Å². The summed E-state index contributed by atoms with van der Waals surface area (Å²) in [6.07, 6.45) is 6.01. The molecule has 0 bridgehead atoms. The third kappa shape index (κ3) is 2.57. The van der Waals surface area contributed by atoms with Crippen molar-refractivity contribution < 1.29 is 0 Å². The van der Waals surface area contributed by atoms with E-state index in [-0.39, 0.29) is 12.1 Å². The average molecular weight is 249 g/mol. The number of aromatic nitrogens is 5. The van der Waals surface area contributed by atoms with Gasteiger partial charge >= 0.3 is 0 Å². The van der Waals surface area contributed by atoms with Gasteiger partial charge < -0.3 is 0 Å².